The molecular weight excluding hydrogens is 458 g/mol. The summed E-state index contributed by atoms with van der Waals surface area (Å²) in [5.41, 5.74) is 3.58. The van der Waals surface area contributed by atoms with E-state index >= 15 is 0 Å². The number of carbonyl (C=O) groups excluding carboxylic acids is 2. The van der Waals surface area contributed by atoms with Crippen LogP contribution in [0.4, 0.5) is 0 Å². The zero-order chi connectivity index (χ0) is 26.1. The lowest BCUT2D eigenvalue weighted by Gasteiger charge is -2.19. The van der Waals surface area contributed by atoms with Crippen LogP contribution in [0.2, 0.25) is 0 Å². The summed E-state index contributed by atoms with van der Waals surface area (Å²) in [5, 5.41) is 0. The monoisotopic (exact) mass is 491 g/mol. The normalized spacial score (nSPS) is 10.6. The van der Waals surface area contributed by atoms with Crippen LogP contribution in [0.3, 0.4) is 0 Å². The van der Waals surface area contributed by atoms with E-state index in [1.54, 1.807) is 45.9 Å². The van der Waals surface area contributed by atoms with Crippen molar-refractivity contribution in [1.29, 1.82) is 0 Å². The Kier molecular flexibility index (Phi) is 9.45. The van der Waals surface area contributed by atoms with Crippen molar-refractivity contribution in [3.63, 3.8) is 0 Å². The van der Waals surface area contributed by atoms with E-state index in [4.69, 9.17) is 18.9 Å². The predicted molar refractivity (Wildman–Crippen MR) is 138 cm³/mol. The van der Waals surface area contributed by atoms with Gasteiger partial charge in [-0.25, -0.2) is 9.59 Å². The first-order chi connectivity index (χ1) is 17.4. The van der Waals surface area contributed by atoms with Crippen molar-refractivity contribution in [2.24, 2.45) is 0 Å². The van der Waals surface area contributed by atoms with Gasteiger partial charge in [0.05, 0.1) is 48.9 Å². The fraction of sp³-hybridized carbons (Fsp3) is 0.345. The van der Waals surface area contributed by atoms with Crippen LogP contribution < -0.4 is 9.47 Å². The summed E-state index contributed by atoms with van der Waals surface area (Å²) in [6, 6.07) is 15.5. The molecule has 0 radical (unpaired) electrons. The summed E-state index contributed by atoms with van der Waals surface area (Å²) in [5.74, 6) is -0.0115. The van der Waals surface area contributed by atoms with E-state index in [0.717, 1.165) is 6.42 Å². The molecule has 1 heterocycles. The number of esters is 2. The lowest BCUT2D eigenvalue weighted by Crippen LogP contribution is -2.17. The molecule has 0 aliphatic heterocycles. The highest BCUT2D eigenvalue weighted by Gasteiger charge is 2.28. The molecule has 0 saturated heterocycles. The Bertz CT molecular complexity index is 1160. The first-order valence-corrected chi connectivity index (χ1v) is 12.2. The minimum atomic E-state index is -0.552. The average Bonchev–Trinajstić information content (AvgIpc) is 2.85. The smallest absolute Gasteiger partial charge is 0.340 e. The van der Waals surface area contributed by atoms with E-state index in [2.05, 4.69) is 17.1 Å². The fourth-order valence-corrected chi connectivity index (χ4v) is 4.02. The maximum absolute atomic E-state index is 13.0. The van der Waals surface area contributed by atoms with Crippen LogP contribution in [0, 0.1) is 13.8 Å². The number of hydrogen-bond acceptors (Lipinski definition) is 7. The number of hydrogen-bond donors (Lipinski definition) is 0. The van der Waals surface area contributed by atoms with Gasteiger partial charge in [-0.3, -0.25) is 4.98 Å². The van der Waals surface area contributed by atoms with Gasteiger partial charge in [-0.2, -0.15) is 0 Å². The molecule has 0 atom stereocenters. The molecule has 0 aliphatic carbocycles. The molecule has 36 heavy (non-hydrogen) atoms. The molecule has 2 aromatic carbocycles. The summed E-state index contributed by atoms with van der Waals surface area (Å²) in [4.78, 5) is 30.4. The highest BCUT2D eigenvalue weighted by molar-refractivity contribution is 6.07. The van der Waals surface area contributed by atoms with Gasteiger partial charge in [0, 0.05) is 12.0 Å². The van der Waals surface area contributed by atoms with Crippen molar-refractivity contribution < 1.29 is 28.5 Å². The zero-order valence-electron chi connectivity index (χ0n) is 21.6. The van der Waals surface area contributed by atoms with Crippen LogP contribution in [-0.2, 0) is 15.9 Å². The molecule has 1 aromatic heterocycles. The average molecular weight is 492 g/mol. The standard InChI is InChI=1S/C29H33NO6/c1-6-33-24-18-22(14-15-23(24)36-17-16-21-12-10-9-11-13-21)27-25(28(31)34-7-2)19(4)30-20(5)26(27)29(32)35-8-3/h9-15,18H,6-8,16-17H2,1-5H3. The van der Waals surface area contributed by atoms with Gasteiger partial charge < -0.3 is 18.9 Å². The molecule has 0 saturated carbocycles. The molecular formula is C29H33NO6. The van der Waals surface area contributed by atoms with Crippen LogP contribution in [0.15, 0.2) is 48.5 Å². The molecule has 7 nitrogen and oxygen atoms in total. The Morgan fingerprint density at radius 1 is 0.750 bits per heavy atom. The van der Waals surface area contributed by atoms with Crippen molar-refractivity contribution in [3.8, 4) is 22.6 Å². The molecule has 3 rings (SSSR count). The zero-order valence-corrected chi connectivity index (χ0v) is 21.6. The van der Waals surface area contributed by atoms with Gasteiger partial charge in [-0.05, 0) is 57.9 Å². The van der Waals surface area contributed by atoms with Crippen LogP contribution in [0.25, 0.3) is 11.1 Å². The minimum absolute atomic E-state index is 0.193. The number of benzene rings is 2. The predicted octanol–water partition coefficient (Wildman–Crippen LogP) is 5.74. The Labute approximate surface area is 212 Å². The Balaban J connectivity index is 2.08. The highest BCUT2D eigenvalue weighted by atomic mass is 16.5. The molecule has 0 unspecified atom stereocenters. The third-order valence-electron chi connectivity index (χ3n) is 5.54. The first-order valence-electron chi connectivity index (χ1n) is 12.2. The van der Waals surface area contributed by atoms with E-state index in [9.17, 15) is 9.59 Å². The molecule has 0 spiro atoms. The number of aryl methyl sites for hydroxylation is 2. The maximum atomic E-state index is 13.0. The summed E-state index contributed by atoms with van der Waals surface area (Å²) in [6.45, 7) is 10.1. The topological polar surface area (TPSA) is 84.0 Å². The van der Waals surface area contributed by atoms with Crippen LogP contribution >= 0.6 is 0 Å². The Morgan fingerprint density at radius 2 is 1.36 bits per heavy atom. The largest absolute Gasteiger partial charge is 0.490 e. The molecule has 190 valence electrons. The van der Waals surface area contributed by atoms with Gasteiger partial charge >= 0.3 is 11.9 Å². The summed E-state index contributed by atoms with van der Waals surface area (Å²) < 4.78 is 22.6. The van der Waals surface area contributed by atoms with Gasteiger partial charge in [0.2, 0.25) is 0 Å². The van der Waals surface area contributed by atoms with Crippen molar-refractivity contribution in [2.75, 3.05) is 26.4 Å². The second kappa shape index (κ2) is 12.7. The molecule has 0 amide bonds. The summed E-state index contributed by atoms with van der Waals surface area (Å²) in [7, 11) is 0. The van der Waals surface area contributed by atoms with Crippen molar-refractivity contribution >= 4 is 11.9 Å². The second-order valence-corrected chi connectivity index (χ2v) is 8.03. The number of carbonyl (C=O) groups is 2. The van der Waals surface area contributed by atoms with Crippen molar-refractivity contribution in [1.82, 2.24) is 4.98 Å². The lowest BCUT2D eigenvalue weighted by molar-refractivity contribution is 0.0525. The Hall–Kier alpha value is -3.87. The van der Waals surface area contributed by atoms with Gasteiger partial charge in [0.15, 0.2) is 11.5 Å². The maximum Gasteiger partial charge on any atom is 0.340 e. The van der Waals surface area contributed by atoms with Crippen LogP contribution in [-0.4, -0.2) is 43.4 Å². The lowest BCUT2D eigenvalue weighted by atomic mass is 9.92. The van der Waals surface area contributed by atoms with Crippen molar-refractivity contribution in [2.45, 2.75) is 41.0 Å². The van der Waals surface area contributed by atoms with Crippen LogP contribution in [0.1, 0.15) is 58.4 Å². The number of aromatic nitrogens is 1. The van der Waals surface area contributed by atoms with Gasteiger partial charge in [0.1, 0.15) is 0 Å². The number of pyridine rings is 1. The van der Waals surface area contributed by atoms with E-state index in [1.165, 1.54) is 5.56 Å². The first kappa shape index (κ1) is 26.7. The second-order valence-electron chi connectivity index (χ2n) is 8.03. The number of ether oxygens (including phenoxy) is 4. The molecule has 0 bridgehead atoms. The van der Waals surface area contributed by atoms with Crippen LogP contribution in [0.5, 0.6) is 11.5 Å². The number of rotatable bonds is 11. The molecule has 3 aromatic rings. The van der Waals surface area contributed by atoms with Crippen molar-refractivity contribution in [3.05, 3.63) is 76.6 Å². The van der Waals surface area contributed by atoms with E-state index in [-0.39, 0.29) is 24.3 Å². The highest BCUT2D eigenvalue weighted by Crippen LogP contribution is 2.38. The molecule has 0 aliphatic rings. The fourth-order valence-electron chi connectivity index (χ4n) is 4.02. The van der Waals surface area contributed by atoms with Gasteiger partial charge in [-0.15, -0.1) is 0 Å². The minimum Gasteiger partial charge on any atom is -0.490 e. The van der Waals surface area contributed by atoms with Gasteiger partial charge in [0.25, 0.3) is 0 Å². The van der Waals surface area contributed by atoms with E-state index < -0.39 is 11.9 Å². The summed E-state index contributed by atoms with van der Waals surface area (Å²) >= 11 is 0. The molecule has 7 heteroatoms. The third kappa shape index (κ3) is 6.22. The number of nitrogens with zero attached hydrogens (tertiary/aromatic N) is 1. The quantitative estimate of drug-likeness (QED) is 0.316. The summed E-state index contributed by atoms with van der Waals surface area (Å²) in [6.07, 6.45) is 0.747. The third-order valence-corrected chi connectivity index (χ3v) is 5.54. The van der Waals surface area contributed by atoms with E-state index in [1.807, 2.05) is 25.1 Å². The Morgan fingerprint density at radius 3 is 1.92 bits per heavy atom. The SMILES string of the molecule is CCOC(=O)c1c(C)nc(C)c(C(=O)OCC)c1-c1ccc(OCCc2ccccc2)c(OCC)c1. The molecule has 0 N–H and O–H groups in total. The van der Waals surface area contributed by atoms with Gasteiger partial charge in [-0.1, -0.05) is 36.4 Å². The molecule has 0 fully saturated rings. The van der Waals surface area contributed by atoms with E-state index in [0.29, 0.717) is 47.2 Å².